The number of nitrogens with two attached hydrogens (primary N) is 1. The number of nitrogens with zero attached hydrogens (tertiary/aromatic N) is 2. The summed E-state index contributed by atoms with van der Waals surface area (Å²) in [5.41, 5.74) is 8.88. The number of carbonyl (C=O) groups is 2. The molecule has 0 bridgehead atoms. The third-order valence-corrected chi connectivity index (χ3v) is 4.14. The topological polar surface area (TPSA) is 110 Å². The van der Waals surface area contributed by atoms with Crippen LogP contribution in [0.4, 0.5) is 5.69 Å². The summed E-state index contributed by atoms with van der Waals surface area (Å²) in [6, 6.07) is 15.4. The number of rotatable bonds is 7. The molecule has 0 saturated heterocycles. The zero-order chi connectivity index (χ0) is 19.8. The first kappa shape index (κ1) is 19.2. The standard InChI is InChI=1S/C21H21N5O2/c22-19(13-20(27)25-14-18-3-1-2-10-24-18)15-4-6-16(7-5-15)21(28)26-17-8-11-23-12-9-17/h1-12,19H,13-14,22H2,(H,25,27)(H,23,26,28). The average Bonchev–Trinajstić information content (AvgIpc) is 2.74. The summed E-state index contributed by atoms with van der Waals surface area (Å²) >= 11 is 0. The molecular weight excluding hydrogens is 354 g/mol. The van der Waals surface area contributed by atoms with E-state index >= 15 is 0 Å². The molecule has 0 aliphatic rings. The van der Waals surface area contributed by atoms with Crippen LogP contribution in [0.25, 0.3) is 0 Å². The molecular formula is C21H21N5O2. The number of nitrogens with one attached hydrogen (secondary N) is 2. The molecule has 1 unspecified atom stereocenters. The second-order valence-corrected chi connectivity index (χ2v) is 6.22. The number of anilines is 1. The Morgan fingerprint density at radius 1 is 0.964 bits per heavy atom. The molecule has 0 aliphatic heterocycles. The van der Waals surface area contributed by atoms with Crippen LogP contribution < -0.4 is 16.4 Å². The van der Waals surface area contributed by atoms with Gasteiger partial charge < -0.3 is 16.4 Å². The van der Waals surface area contributed by atoms with E-state index in [-0.39, 0.29) is 18.2 Å². The van der Waals surface area contributed by atoms with E-state index in [1.54, 1.807) is 55.0 Å². The Labute approximate surface area is 163 Å². The summed E-state index contributed by atoms with van der Waals surface area (Å²) in [7, 11) is 0. The number of hydrogen-bond donors (Lipinski definition) is 3. The molecule has 2 aromatic heterocycles. The lowest BCUT2D eigenvalue weighted by atomic mass is 10.0. The molecule has 142 valence electrons. The van der Waals surface area contributed by atoms with Gasteiger partial charge in [0, 0.05) is 42.3 Å². The highest BCUT2D eigenvalue weighted by Gasteiger charge is 2.13. The van der Waals surface area contributed by atoms with E-state index in [4.69, 9.17) is 5.73 Å². The van der Waals surface area contributed by atoms with Gasteiger partial charge in [-0.05, 0) is 42.0 Å². The predicted octanol–water partition coefficient (Wildman–Crippen LogP) is 2.44. The molecule has 2 heterocycles. The zero-order valence-electron chi connectivity index (χ0n) is 15.2. The van der Waals surface area contributed by atoms with Gasteiger partial charge in [-0.3, -0.25) is 19.6 Å². The number of aromatic nitrogens is 2. The lowest BCUT2D eigenvalue weighted by Crippen LogP contribution is -2.27. The maximum atomic E-state index is 12.3. The van der Waals surface area contributed by atoms with Gasteiger partial charge in [0.25, 0.3) is 5.91 Å². The lowest BCUT2D eigenvalue weighted by Gasteiger charge is -2.13. The first-order valence-electron chi connectivity index (χ1n) is 8.85. The van der Waals surface area contributed by atoms with E-state index in [0.29, 0.717) is 17.8 Å². The smallest absolute Gasteiger partial charge is 0.255 e. The number of amides is 2. The van der Waals surface area contributed by atoms with Gasteiger partial charge in [0.2, 0.25) is 5.91 Å². The highest BCUT2D eigenvalue weighted by atomic mass is 16.2. The van der Waals surface area contributed by atoms with Gasteiger partial charge in [0.15, 0.2) is 0 Å². The normalized spacial score (nSPS) is 11.5. The average molecular weight is 375 g/mol. The third kappa shape index (κ3) is 5.46. The van der Waals surface area contributed by atoms with Crippen LogP contribution in [0.3, 0.4) is 0 Å². The van der Waals surface area contributed by atoms with Crippen molar-refractivity contribution in [2.24, 2.45) is 5.73 Å². The number of carbonyl (C=O) groups excluding carboxylic acids is 2. The van der Waals surface area contributed by atoms with Crippen LogP contribution in [0.2, 0.25) is 0 Å². The number of benzene rings is 1. The van der Waals surface area contributed by atoms with E-state index in [1.807, 2.05) is 18.2 Å². The van der Waals surface area contributed by atoms with Crippen molar-refractivity contribution >= 4 is 17.5 Å². The number of pyridine rings is 2. The van der Waals surface area contributed by atoms with E-state index in [0.717, 1.165) is 11.3 Å². The van der Waals surface area contributed by atoms with Gasteiger partial charge in [0.05, 0.1) is 12.2 Å². The minimum absolute atomic E-state index is 0.148. The monoisotopic (exact) mass is 375 g/mol. The minimum Gasteiger partial charge on any atom is -0.350 e. The second-order valence-electron chi connectivity index (χ2n) is 6.22. The van der Waals surface area contributed by atoms with Crippen molar-refractivity contribution < 1.29 is 9.59 Å². The maximum absolute atomic E-state index is 12.3. The summed E-state index contributed by atoms with van der Waals surface area (Å²) in [6.45, 7) is 0.362. The molecule has 7 nitrogen and oxygen atoms in total. The van der Waals surface area contributed by atoms with Gasteiger partial charge >= 0.3 is 0 Å². The third-order valence-electron chi connectivity index (χ3n) is 4.14. The van der Waals surface area contributed by atoms with Gasteiger partial charge in [0.1, 0.15) is 0 Å². The summed E-state index contributed by atoms with van der Waals surface area (Å²) in [5.74, 6) is -0.378. The predicted molar refractivity (Wildman–Crippen MR) is 106 cm³/mol. The van der Waals surface area contributed by atoms with Crippen molar-refractivity contribution in [3.05, 3.63) is 90.0 Å². The SMILES string of the molecule is NC(CC(=O)NCc1ccccn1)c1ccc(C(=O)Nc2ccncc2)cc1. The Morgan fingerprint density at radius 3 is 2.39 bits per heavy atom. The molecule has 0 saturated carbocycles. The molecule has 28 heavy (non-hydrogen) atoms. The van der Waals surface area contributed by atoms with Crippen LogP contribution in [0.15, 0.2) is 73.2 Å². The van der Waals surface area contributed by atoms with Crippen LogP contribution in [-0.4, -0.2) is 21.8 Å². The Bertz CT molecular complexity index is 915. The summed E-state index contributed by atoms with van der Waals surface area (Å²) in [5, 5.41) is 5.60. The fourth-order valence-electron chi connectivity index (χ4n) is 2.60. The van der Waals surface area contributed by atoms with Crippen molar-refractivity contribution in [1.29, 1.82) is 0 Å². The fraction of sp³-hybridized carbons (Fsp3) is 0.143. The van der Waals surface area contributed by atoms with Gasteiger partial charge in [-0.15, -0.1) is 0 Å². The van der Waals surface area contributed by atoms with E-state index in [2.05, 4.69) is 20.6 Å². The van der Waals surface area contributed by atoms with Crippen molar-refractivity contribution in [1.82, 2.24) is 15.3 Å². The highest BCUT2D eigenvalue weighted by molar-refractivity contribution is 6.04. The van der Waals surface area contributed by atoms with Crippen molar-refractivity contribution in [2.75, 3.05) is 5.32 Å². The fourth-order valence-corrected chi connectivity index (χ4v) is 2.60. The molecule has 1 aromatic carbocycles. The van der Waals surface area contributed by atoms with E-state index in [9.17, 15) is 9.59 Å². The quantitative estimate of drug-likeness (QED) is 0.587. The Hall–Kier alpha value is -3.58. The highest BCUT2D eigenvalue weighted by Crippen LogP contribution is 2.16. The van der Waals surface area contributed by atoms with Gasteiger partial charge in [-0.25, -0.2) is 0 Å². The lowest BCUT2D eigenvalue weighted by molar-refractivity contribution is -0.121. The molecule has 2 amide bonds. The van der Waals surface area contributed by atoms with Gasteiger partial charge in [-0.1, -0.05) is 18.2 Å². The zero-order valence-corrected chi connectivity index (χ0v) is 15.2. The van der Waals surface area contributed by atoms with Crippen molar-refractivity contribution in [3.8, 4) is 0 Å². The van der Waals surface area contributed by atoms with Crippen LogP contribution in [-0.2, 0) is 11.3 Å². The second kappa shape index (κ2) is 9.38. The van der Waals surface area contributed by atoms with Crippen molar-refractivity contribution in [3.63, 3.8) is 0 Å². The van der Waals surface area contributed by atoms with Gasteiger partial charge in [-0.2, -0.15) is 0 Å². The molecule has 0 radical (unpaired) electrons. The molecule has 1 atom stereocenters. The molecule has 3 rings (SSSR count). The molecule has 3 aromatic rings. The first-order chi connectivity index (χ1) is 13.6. The van der Waals surface area contributed by atoms with E-state index in [1.165, 1.54) is 0 Å². The Morgan fingerprint density at radius 2 is 1.71 bits per heavy atom. The molecule has 0 aliphatic carbocycles. The number of hydrogen-bond acceptors (Lipinski definition) is 5. The van der Waals surface area contributed by atoms with Crippen LogP contribution in [0.1, 0.15) is 34.1 Å². The minimum atomic E-state index is -0.457. The molecule has 0 spiro atoms. The summed E-state index contributed by atoms with van der Waals surface area (Å²) in [6.07, 6.45) is 5.04. The molecule has 4 N–H and O–H groups in total. The van der Waals surface area contributed by atoms with Crippen LogP contribution >= 0.6 is 0 Å². The summed E-state index contributed by atoms with van der Waals surface area (Å²) in [4.78, 5) is 32.4. The Balaban J connectivity index is 1.52. The van der Waals surface area contributed by atoms with Crippen LogP contribution in [0.5, 0.6) is 0 Å². The molecule has 0 fully saturated rings. The summed E-state index contributed by atoms with van der Waals surface area (Å²) < 4.78 is 0. The Kier molecular flexibility index (Phi) is 6.43. The first-order valence-corrected chi connectivity index (χ1v) is 8.85. The van der Waals surface area contributed by atoms with E-state index < -0.39 is 6.04 Å². The molecule has 7 heteroatoms. The van der Waals surface area contributed by atoms with Crippen molar-refractivity contribution in [2.45, 2.75) is 19.0 Å². The van der Waals surface area contributed by atoms with Crippen LogP contribution in [0, 0.1) is 0 Å². The maximum Gasteiger partial charge on any atom is 0.255 e. The largest absolute Gasteiger partial charge is 0.350 e.